The Kier molecular flexibility index (Phi) is 9.88. The van der Waals surface area contributed by atoms with Crippen LogP contribution in [0, 0.1) is 0 Å². The molecule has 0 unspecified atom stereocenters. The molecule has 0 aliphatic carbocycles. The Morgan fingerprint density at radius 3 is 2.18 bits per heavy atom. The molecule has 1 amide bonds. The topological polar surface area (TPSA) is 112 Å². The van der Waals surface area contributed by atoms with Gasteiger partial charge < -0.3 is 18.9 Å². The van der Waals surface area contributed by atoms with Crippen LogP contribution in [-0.4, -0.2) is 43.7 Å². The van der Waals surface area contributed by atoms with Gasteiger partial charge in [0.25, 0.3) is 0 Å². The molecule has 34 heavy (non-hydrogen) atoms. The zero-order valence-electron chi connectivity index (χ0n) is 20.2. The van der Waals surface area contributed by atoms with Crippen LogP contribution in [0.4, 0.5) is 4.79 Å². The molecule has 9 nitrogen and oxygen atoms in total. The standard InChI is InChI=1S/C25H32N2O7/c1-6-19(7-2)34-23(29)25(3,22(28)18-13-14-20(31-4)21(15-18)32-5)27-26-24(30)33-16-17-11-9-8-10-12-17/h8-15,19,27H,6-7,16H2,1-5H3,(H,26,30)/t25-/m1/s1. The zero-order chi connectivity index (χ0) is 25.1. The van der Waals surface area contributed by atoms with E-state index in [0.717, 1.165) is 5.56 Å². The number of carbonyl (C=O) groups is 3. The van der Waals surface area contributed by atoms with Gasteiger partial charge in [-0.25, -0.2) is 15.0 Å². The molecule has 0 aromatic heterocycles. The second kappa shape index (κ2) is 12.6. The lowest BCUT2D eigenvalue weighted by Crippen LogP contribution is -2.62. The number of hydrogen-bond donors (Lipinski definition) is 2. The molecule has 2 rings (SSSR count). The van der Waals surface area contributed by atoms with Gasteiger partial charge in [-0.15, -0.1) is 0 Å². The van der Waals surface area contributed by atoms with Crippen LogP contribution >= 0.6 is 0 Å². The number of rotatable bonds is 12. The van der Waals surface area contributed by atoms with Crippen LogP contribution in [0.1, 0.15) is 49.5 Å². The SMILES string of the molecule is CCC(CC)OC(=O)[C@](C)(NNC(=O)OCc1ccccc1)C(=O)c1ccc(OC)c(OC)c1. The number of amides is 1. The summed E-state index contributed by atoms with van der Waals surface area (Å²) in [5.41, 5.74) is 3.84. The van der Waals surface area contributed by atoms with Crippen LogP contribution in [0.25, 0.3) is 0 Å². The molecule has 9 heteroatoms. The second-order valence-electron chi connectivity index (χ2n) is 7.68. The van der Waals surface area contributed by atoms with Crippen LogP contribution in [0.15, 0.2) is 48.5 Å². The molecule has 0 heterocycles. The predicted molar refractivity (Wildman–Crippen MR) is 126 cm³/mol. The Morgan fingerprint density at radius 2 is 1.59 bits per heavy atom. The van der Waals surface area contributed by atoms with E-state index in [9.17, 15) is 14.4 Å². The summed E-state index contributed by atoms with van der Waals surface area (Å²) >= 11 is 0. The predicted octanol–water partition coefficient (Wildman–Crippen LogP) is 3.81. The Hall–Kier alpha value is -3.59. The lowest BCUT2D eigenvalue weighted by atomic mass is 9.91. The highest BCUT2D eigenvalue weighted by Crippen LogP contribution is 2.29. The van der Waals surface area contributed by atoms with Crippen molar-refractivity contribution in [1.82, 2.24) is 10.9 Å². The maximum atomic E-state index is 13.5. The number of ketones is 1. The van der Waals surface area contributed by atoms with Gasteiger partial charge in [-0.1, -0.05) is 44.2 Å². The van der Waals surface area contributed by atoms with Crippen LogP contribution in [0.5, 0.6) is 11.5 Å². The summed E-state index contributed by atoms with van der Waals surface area (Å²) in [5.74, 6) is -0.715. The number of benzene rings is 2. The third-order valence-corrected chi connectivity index (χ3v) is 5.32. The molecule has 2 aromatic rings. The molecule has 184 valence electrons. The Labute approximate surface area is 199 Å². The number of nitrogens with one attached hydrogen (secondary N) is 2. The van der Waals surface area contributed by atoms with Gasteiger partial charge in [0, 0.05) is 5.56 Å². The average Bonchev–Trinajstić information content (AvgIpc) is 2.88. The highest BCUT2D eigenvalue weighted by molar-refractivity contribution is 6.16. The van der Waals surface area contributed by atoms with Crippen LogP contribution < -0.4 is 20.3 Å². The van der Waals surface area contributed by atoms with Gasteiger partial charge in [-0.05, 0) is 43.5 Å². The fourth-order valence-electron chi connectivity index (χ4n) is 3.13. The van der Waals surface area contributed by atoms with Gasteiger partial charge in [-0.3, -0.25) is 10.2 Å². The van der Waals surface area contributed by atoms with Crippen molar-refractivity contribution in [2.24, 2.45) is 0 Å². The lowest BCUT2D eigenvalue weighted by Gasteiger charge is -2.29. The molecule has 0 radical (unpaired) electrons. The fraction of sp³-hybridized carbons (Fsp3) is 0.400. The number of carbonyl (C=O) groups excluding carboxylic acids is 3. The van der Waals surface area contributed by atoms with Gasteiger partial charge in [0.1, 0.15) is 12.7 Å². The van der Waals surface area contributed by atoms with Crippen molar-refractivity contribution >= 4 is 17.8 Å². The smallest absolute Gasteiger partial charge is 0.421 e. The molecule has 0 saturated carbocycles. The average molecular weight is 473 g/mol. The largest absolute Gasteiger partial charge is 0.493 e. The quantitative estimate of drug-likeness (QED) is 0.208. The van der Waals surface area contributed by atoms with E-state index in [4.69, 9.17) is 18.9 Å². The summed E-state index contributed by atoms with van der Waals surface area (Å²) < 4.78 is 21.2. The number of methoxy groups -OCH3 is 2. The fourth-order valence-corrected chi connectivity index (χ4v) is 3.13. The lowest BCUT2D eigenvalue weighted by molar-refractivity contribution is -0.155. The van der Waals surface area contributed by atoms with Crippen molar-refractivity contribution in [3.8, 4) is 11.5 Å². The third-order valence-electron chi connectivity index (χ3n) is 5.32. The summed E-state index contributed by atoms with van der Waals surface area (Å²) in [4.78, 5) is 38.9. The summed E-state index contributed by atoms with van der Waals surface area (Å²) in [6.45, 7) is 5.12. The number of hydrazine groups is 1. The number of hydrogen-bond acceptors (Lipinski definition) is 8. The van der Waals surface area contributed by atoms with Crippen LogP contribution in [0.2, 0.25) is 0 Å². The minimum absolute atomic E-state index is 0.0207. The molecule has 2 N–H and O–H groups in total. The first kappa shape index (κ1) is 26.7. The van der Waals surface area contributed by atoms with E-state index in [1.54, 1.807) is 18.2 Å². The van der Waals surface area contributed by atoms with Gasteiger partial charge in [0.05, 0.1) is 14.2 Å². The summed E-state index contributed by atoms with van der Waals surface area (Å²) in [6, 6.07) is 13.6. The third kappa shape index (κ3) is 6.71. The second-order valence-corrected chi connectivity index (χ2v) is 7.68. The van der Waals surface area contributed by atoms with Crippen molar-refractivity contribution in [2.75, 3.05) is 14.2 Å². The molecule has 0 aliphatic heterocycles. The van der Waals surface area contributed by atoms with E-state index in [-0.39, 0.29) is 18.3 Å². The molecule has 0 saturated heterocycles. The molecule has 0 fully saturated rings. The van der Waals surface area contributed by atoms with E-state index in [1.165, 1.54) is 33.3 Å². The first-order chi connectivity index (χ1) is 16.3. The highest BCUT2D eigenvalue weighted by atomic mass is 16.6. The first-order valence-corrected chi connectivity index (χ1v) is 11.0. The maximum Gasteiger partial charge on any atom is 0.421 e. The Bertz CT molecular complexity index is 976. The van der Waals surface area contributed by atoms with E-state index in [2.05, 4.69) is 10.9 Å². The van der Waals surface area contributed by atoms with Gasteiger partial charge >= 0.3 is 12.1 Å². The monoisotopic (exact) mass is 472 g/mol. The molecular weight excluding hydrogens is 440 g/mol. The van der Waals surface area contributed by atoms with E-state index in [1.807, 2.05) is 32.0 Å². The van der Waals surface area contributed by atoms with Gasteiger partial charge in [-0.2, -0.15) is 0 Å². The summed E-state index contributed by atoms with van der Waals surface area (Å²) in [6.07, 6.45) is -0.0763. The minimum atomic E-state index is -1.94. The normalized spacial score (nSPS) is 12.4. The van der Waals surface area contributed by atoms with Gasteiger partial charge in [0.2, 0.25) is 0 Å². The van der Waals surface area contributed by atoms with E-state index < -0.39 is 23.4 Å². The number of ether oxygens (including phenoxy) is 4. The molecule has 1 atom stereocenters. The molecule has 2 aromatic carbocycles. The Morgan fingerprint density at radius 1 is 0.941 bits per heavy atom. The first-order valence-electron chi connectivity index (χ1n) is 11.0. The summed E-state index contributed by atoms with van der Waals surface area (Å²) in [5, 5.41) is 0. The molecule has 0 bridgehead atoms. The van der Waals surface area contributed by atoms with Crippen molar-refractivity contribution in [1.29, 1.82) is 0 Å². The summed E-state index contributed by atoms with van der Waals surface area (Å²) in [7, 11) is 2.91. The van der Waals surface area contributed by atoms with Crippen molar-refractivity contribution < 1.29 is 33.3 Å². The highest BCUT2D eigenvalue weighted by Gasteiger charge is 2.44. The molecular formula is C25H32N2O7. The van der Waals surface area contributed by atoms with Gasteiger partial charge in [0.15, 0.2) is 22.8 Å². The van der Waals surface area contributed by atoms with E-state index in [0.29, 0.717) is 24.3 Å². The number of esters is 1. The zero-order valence-corrected chi connectivity index (χ0v) is 20.2. The van der Waals surface area contributed by atoms with Crippen molar-refractivity contribution in [2.45, 2.75) is 51.9 Å². The molecule has 0 aliphatic rings. The van der Waals surface area contributed by atoms with Crippen LogP contribution in [-0.2, 0) is 20.9 Å². The van der Waals surface area contributed by atoms with Crippen molar-refractivity contribution in [3.05, 3.63) is 59.7 Å². The Balaban J connectivity index is 2.24. The van der Waals surface area contributed by atoms with Crippen molar-refractivity contribution in [3.63, 3.8) is 0 Å². The minimum Gasteiger partial charge on any atom is -0.493 e. The van der Waals surface area contributed by atoms with Crippen LogP contribution in [0.3, 0.4) is 0 Å². The van der Waals surface area contributed by atoms with E-state index >= 15 is 0 Å². The maximum absolute atomic E-state index is 13.5. The number of Topliss-reactive ketones (excluding diaryl/α,β-unsaturated/α-hetero) is 1. The molecule has 0 spiro atoms.